The molecule has 0 bridgehead atoms. The lowest BCUT2D eigenvalue weighted by molar-refractivity contribution is -0.160. The fourth-order valence-corrected chi connectivity index (χ4v) is 4.57. The van der Waals surface area contributed by atoms with Gasteiger partial charge in [-0.05, 0) is 43.4 Å². The molecule has 0 saturated heterocycles. The Morgan fingerprint density at radius 1 is 1.08 bits per heavy atom. The molecule has 2 aromatic rings. The Kier molecular flexibility index (Phi) is 7.03. The first-order chi connectivity index (χ1) is 17.7. The molecular formula is C24H23ClF6N4O2. The van der Waals surface area contributed by atoms with E-state index >= 15 is 0 Å². The van der Waals surface area contributed by atoms with Crippen molar-refractivity contribution in [2.75, 3.05) is 4.90 Å². The van der Waals surface area contributed by atoms with Crippen LogP contribution in [0.4, 0.5) is 32.0 Å². The van der Waals surface area contributed by atoms with Gasteiger partial charge in [-0.3, -0.25) is 14.5 Å². The molecule has 0 aliphatic heterocycles. The molecule has 1 heterocycles. The maximum Gasteiger partial charge on any atom is 0.398 e. The summed E-state index contributed by atoms with van der Waals surface area (Å²) in [6, 6.07) is 0.774. The molecule has 2 amide bonds. The molecule has 2 aliphatic rings. The van der Waals surface area contributed by atoms with Crippen LogP contribution >= 0.6 is 11.6 Å². The van der Waals surface area contributed by atoms with Gasteiger partial charge in [-0.15, -0.1) is 0 Å². The van der Waals surface area contributed by atoms with Crippen molar-refractivity contribution in [3.8, 4) is 0 Å². The number of amides is 2. The Bertz CT molecular complexity index is 1170. The van der Waals surface area contributed by atoms with Gasteiger partial charge >= 0.3 is 6.18 Å². The van der Waals surface area contributed by atoms with Gasteiger partial charge < -0.3 is 5.32 Å². The van der Waals surface area contributed by atoms with Crippen molar-refractivity contribution in [3.63, 3.8) is 0 Å². The maximum absolute atomic E-state index is 14.2. The zero-order chi connectivity index (χ0) is 27.9. The minimum atomic E-state index is -4.51. The van der Waals surface area contributed by atoms with Crippen molar-refractivity contribution in [3.05, 3.63) is 54.1 Å². The van der Waals surface area contributed by atoms with Crippen LogP contribution in [0.1, 0.15) is 57.0 Å². The van der Waals surface area contributed by atoms with Gasteiger partial charge in [0.2, 0.25) is 11.8 Å². The second-order valence-corrected chi connectivity index (χ2v) is 9.56. The summed E-state index contributed by atoms with van der Waals surface area (Å²) in [6.45, 7) is 0. The number of halogens is 7. The predicted molar refractivity (Wildman–Crippen MR) is 122 cm³/mol. The molecule has 2 fully saturated rings. The maximum atomic E-state index is 14.2. The van der Waals surface area contributed by atoms with Crippen LogP contribution in [0.15, 0.2) is 43.0 Å². The number of nitrogens with one attached hydrogen (secondary N) is 1. The van der Waals surface area contributed by atoms with E-state index in [2.05, 4.69) is 15.3 Å². The average Bonchev–Trinajstić information content (AvgIpc) is 3.68. The van der Waals surface area contributed by atoms with E-state index in [1.807, 2.05) is 0 Å². The predicted octanol–water partition coefficient (Wildman–Crippen LogP) is 5.37. The number of alkyl halides is 7. The molecule has 2 atom stereocenters. The van der Waals surface area contributed by atoms with E-state index < -0.39 is 59.9 Å². The topological polar surface area (TPSA) is 75.2 Å². The minimum Gasteiger partial charge on any atom is -0.351 e. The van der Waals surface area contributed by atoms with Crippen LogP contribution < -0.4 is 10.2 Å². The van der Waals surface area contributed by atoms with Gasteiger partial charge in [0.1, 0.15) is 12.3 Å². The number of hydrogen-bond acceptors (Lipinski definition) is 4. The minimum absolute atomic E-state index is 0.0879. The van der Waals surface area contributed by atoms with E-state index in [-0.39, 0.29) is 42.5 Å². The summed E-state index contributed by atoms with van der Waals surface area (Å²) in [7, 11) is 0. The quantitative estimate of drug-likeness (QED) is 0.372. The normalized spacial score (nSPS) is 21.8. The van der Waals surface area contributed by atoms with Gasteiger partial charge in [0.25, 0.3) is 11.5 Å². The highest BCUT2D eigenvalue weighted by molar-refractivity contribution is 6.32. The Labute approximate surface area is 214 Å². The number of benzene rings is 1. The van der Waals surface area contributed by atoms with Crippen molar-refractivity contribution < 1.29 is 37.3 Å². The largest absolute Gasteiger partial charge is 0.398 e. The number of anilines is 1. The van der Waals surface area contributed by atoms with Crippen molar-refractivity contribution in [1.29, 1.82) is 0 Å². The molecule has 1 aromatic carbocycles. The van der Waals surface area contributed by atoms with Crippen LogP contribution in [0.3, 0.4) is 0 Å². The highest BCUT2D eigenvalue weighted by Gasteiger charge is 2.64. The second kappa shape index (κ2) is 10.1. The zero-order valence-corrected chi connectivity index (χ0v) is 20.0. The third-order valence-corrected chi connectivity index (χ3v) is 6.89. The van der Waals surface area contributed by atoms with Crippen LogP contribution in [0, 0.1) is 0 Å². The van der Waals surface area contributed by atoms with E-state index in [9.17, 15) is 35.9 Å². The van der Waals surface area contributed by atoms with Crippen LogP contribution in [0.5, 0.6) is 0 Å². The molecule has 37 heavy (non-hydrogen) atoms. The standard InChI is InChI=1S/C24H23ClF6N4O2/c25-19(26)21(37)35(17-3-1-15(2-4-17)22(9-10-22)24(29,30)31)18(14-11-32-13-33-12-14)20(36)34-16-5-7-23(27,28)8-6-16/h1-4,11-13,16,18-19H,5-10H2,(H,34,36)/t18-,19-/m0/s1/i18D. The first-order valence-corrected chi connectivity index (χ1v) is 11.9. The number of nitrogens with zero attached hydrogens (tertiary/aromatic N) is 3. The van der Waals surface area contributed by atoms with Crippen molar-refractivity contribution in [2.24, 2.45) is 0 Å². The van der Waals surface area contributed by atoms with Crippen molar-refractivity contribution >= 4 is 29.1 Å². The average molecular weight is 550 g/mol. The Balaban J connectivity index is 1.75. The molecule has 1 N–H and O–H groups in total. The van der Waals surface area contributed by atoms with Gasteiger partial charge in [0, 0.05) is 42.5 Å². The fourth-order valence-electron chi connectivity index (χ4n) is 4.48. The second-order valence-electron chi connectivity index (χ2n) is 9.18. The molecule has 2 aliphatic carbocycles. The molecule has 13 heteroatoms. The number of aromatic nitrogens is 2. The summed E-state index contributed by atoms with van der Waals surface area (Å²) in [5.74, 6) is -5.61. The zero-order valence-electron chi connectivity index (χ0n) is 20.2. The van der Waals surface area contributed by atoms with Crippen molar-refractivity contribution in [1.82, 2.24) is 15.3 Å². The number of carbonyl (C=O) groups excluding carboxylic acids is 2. The number of carbonyl (C=O) groups is 2. The van der Waals surface area contributed by atoms with Gasteiger partial charge in [-0.1, -0.05) is 23.7 Å². The molecule has 0 spiro atoms. The smallest absolute Gasteiger partial charge is 0.351 e. The molecule has 4 rings (SSSR count). The number of rotatable bonds is 7. The van der Waals surface area contributed by atoms with Gasteiger partial charge in [-0.25, -0.2) is 23.1 Å². The number of hydrogen-bond donors (Lipinski definition) is 1. The summed E-state index contributed by atoms with van der Waals surface area (Å²) >= 11 is 5.43. The third kappa shape index (κ3) is 5.68. The van der Waals surface area contributed by atoms with Crippen molar-refractivity contribution in [2.45, 2.75) is 73.7 Å². The SMILES string of the molecule is [2H][C@@](C(=O)NC1CCC(F)(F)CC1)(c1cncnc1)N(C(=O)[C@H](F)Cl)c1ccc(C2(C(F)(F)F)CC2)cc1. The van der Waals surface area contributed by atoms with Crippen LogP contribution in [0.2, 0.25) is 0 Å². The van der Waals surface area contributed by atoms with E-state index in [0.717, 1.165) is 43.0 Å². The molecule has 0 unspecified atom stereocenters. The summed E-state index contributed by atoms with van der Waals surface area (Å²) in [4.78, 5) is 34.5. The summed E-state index contributed by atoms with van der Waals surface area (Å²) in [6.07, 6.45) is -2.83. The summed E-state index contributed by atoms with van der Waals surface area (Å²) in [5.41, 5.74) is -5.43. The molecular weight excluding hydrogens is 526 g/mol. The van der Waals surface area contributed by atoms with Crippen LogP contribution in [-0.4, -0.2) is 45.6 Å². The molecule has 200 valence electrons. The molecule has 0 radical (unpaired) electrons. The first-order valence-electron chi connectivity index (χ1n) is 11.9. The Hall–Kier alpha value is -2.89. The summed E-state index contributed by atoms with van der Waals surface area (Å²) in [5, 5.41) is 2.48. The Morgan fingerprint density at radius 3 is 2.14 bits per heavy atom. The lowest BCUT2D eigenvalue weighted by Crippen LogP contribution is -2.49. The van der Waals surface area contributed by atoms with Crippen LogP contribution in [0.25, 0.3) is 0 Å². The third-order valence-electron chi connectivity index (χ3n) is 6.70. The van der Waals surface area contributed by atoms with Crippen LogP contribution in [-0.2, 0) is 15.0 Å². The first kappa shape index (κ1) is 25.7. The molecule has 6 nitrogen and oxygen atoms in total. The highest BCUT2D eigenvalue weighted by atomic mass is 35.5. The highest BCUT2D eigenvalue weighted by Crippen LogP contribution is 2.59. The lowest BCUT2D eigenvalue weighted by atomic mass is 9.91. The fraction of sp³-hybridized carbons (Fsp3) is 0.500. The van der Waals surface area contributed by atoms with E-state index in [4.69, 9.17) is 13.0 Å². The van der Waals surface area contributed by atoms with Gasteiger partial charge in [0.15, 0.2) is 0 Å². The monoisotopic (exact) mass is 549 g/mol. The van der Waals surface area contributed by atoms with E-state index in [1.54, 1.807) is 0 Å². The van der Waals surface area contributed by atoms with E-state index in [0.29, 0.717) is 4.90 Å². The van der Waals surface area contributed by atoms with E-state index in [1.165, 1.54) is 0 Å². The molecule has 2 saturated carbocycles. The van der Waals surface area contributed by atoms with Gasteiger partial charge in [-0.2, -0.15) is 13.2 Å². The lowest BCUT2D eigenvalue weighted by Gasteiger charge is -2.34. The van der Waals surface area contributed by atoms with Gasteiger partial charge in [0.05, 0.1) is 6.79 Å². The Morgan fingerprint density at radius 2 is 1.65 bits per heavy atom. The molecule has 1 aromatic heterocycles. The summed E-state index contributed by atoms with van der Waals surface area (Å²) < 4.78 is 91.3.